The van der Waals surface area contributed by atoms with Gasteiger partial charge in [0.15, 0.2) is 11.5 Å². The topological polar surface area (TPSA) is 74.6 Å². The Morgan fingerprint density at radius 3 is 2.83 bits per heavy atom. The van der Waals surface area contributed by atoms with Gasteiger partial charge >= 0.3 is 0 Å². The summed E-state index contributed by atoms with van der Waals surface area (Å²) in [6.45, 7) is 2.02. The van der Waals surface area contributed by atoms with Crippen LogP contribution in [0.4, 0.5) is 0 Å². The summed E-state index contributed by atoms with van der Waals surface area (Å²) in [7, 11) is 5.66. The summed E-state index contributed by atoms with van der Waals surface area (Å²) in [5.41, 5.74) is 0.978. The van der Waals surface area contributed by atoms with Gasteiger partial charge in [-0.1, -0.05) is 12.1 Å². The van der Waals surface area contributed by atoms with E-state index in [-0.39, 0.29) is 12.3 Å². The molecule has 1 aromatic rings. The van der Waals surface area contributed by atoms with Crippen molar-refractivity contribution in [1.29, 1.82) is 5.26 Å². The molecule has 0 aromatic heterocycles. The Labute approximate surface area is 138 Å². The zero-order valence-corrected chi connectivity index (χ0v) is 14.1. The molecule has 1 rings (SSSR count). The van der Waals surface area contributed by atoms with Crippen LogP contribution in [-0.4, -0.2) is 51.7 Å². The van der Waals surface area contributed by atoms with Crippen LogP contribution in [0.2, 0.25) is 0 Å². The molecule has 0 aliphatic carbocycles. The Hall–Kier alpha value is -2.26. The molecule has 6 nitrogen and oxygen atoms in total. The van der Waals surface area contributed by atoms with Crippen molar-refractivity contribution in [3.8, 4) is 17.6 Å². The zero-order valence-electron chi connectivity index (χ0n) is 14.1. The predicted molar refractivity (Wildman–Crippen MR) is 88.6 cm³/mol. The molecule has 0 saturated carbocycles. The molecule has 0 saturated heterocycles. The largest absolute Gasteiger partial charge is 0.493 e. The molecule has 0 heterocycles. The first-order valence-electron chi connectivity index (χ1n) is 7.65. The summed E-state index contributed by atoms with van der Waals surface area (Å²) in [6.07, 6.45) is 1.42. The predicted octanol–water partition coefficient (Wildman–Crippen LogP) is 1.60. The van der Waals surface area contributed by atoms with Crippen LogP contribution >= 0.6 is 0 Å². The van der Waals surface area contributed by atoms with Crippen LogP contribution < -0.4 is 14.8 Å². The van der Waals surface area contributed by atoms with Crippen LogP contribution in [0, 0.1) is 11.3 Å². The number of nitriles is 1. The molecule has 0 radical (unpaired) electrons. The molecule has 126 valence electrons. The molecule has 0 fully saturated rings. The van der Waals surface area contributed by atoms with Gasteiger partial charge in [0, 0.05) is 13.1 Å². The maximum Gasteiger partial charge on any atom is 0.234 e. The average Bonchev–Trinajstić information content (AvgIpc) is 2.52. The van der Waals surface area contributed by atoms with Crippen molar-refractivity contribution < 1.29 is 14.3 Å². The zero-order chi connectivity index (χ0) is 17.1. The SMILES string of the molecule is COc1cccc(CCNC(=O)CC#N)c1OCCCN(C)C. The molecule has 0 bridgehead atoms. The van der Waals surface area contributed by atoms with Crippen molar-refractivity contribution in [1.82, 2.24) is 10.2 Å². The Bertz CT molecular complexity index is 538. The summed E-state index contributed by atoms with van der Waals surface area (Å²) < 4.78 is 11.3. The van der Waals surface area contributed by atoms with Crippen molar-refractivity contribution in [2.75, 3.05) is 40.9 Å². The number of nitrogens with one attached hydrogen (secondary N) is 1. The molecule has 0 aliphatic rings. The maximum atomic E-state index is 11.3. The quantitative estimate of drug-likeness (QED) is 0.663. The van der Waals surface area contributed by atoms with Gasteiger partial charge in [-0.2, -0.15) is 5.26 Å². The molecule has 1 N–H and O–H groups in total. The van der Waals surface area contributed by atoms with Gasteiger partial charge < -0.3 is 19.7 Å². The van der Waals surface area contributed by atoms with E-state index in [2.05, 4.69) is 10.2 Å². The molecule has 0 aliphatic heterocycles. The van der Waals surface area contributed by atoms with Gasteiger partial charge in [0.1, 0.15) is 6.42 Å². The smallest absolute Gasteiger partial charge is 0.234 e. The van der Waals surface area contributed by atoms with Gasteiger partial charge in [-0.15, -0.1) is 0 Å². The Kier molecular flexibility index (Phi) is 8.55. The summed E-state index contributed by atoms with van der Waals surface area (Å²) in [6, 6.07) is 7.55. The van der Waals surface area contributed by atoms with Crippen molar-refractivity contribution in [3.63, 3.8) is 0 Å². The Morgan fingerprint density at radius 2 is 2.17 bits per heavy atom. The average molecular weight is 319 g/mol. The van der Waals surface area contributed by atoms with E-state index >= 15 is 0 Å². The van der Waals surface area contributed by atoms with E-state index in [0.717, 1.165) is 24.3 Å². The lowest BCUT2D eigenvalue weighted by Crippen LogP contribution is -2.25. The van der Waals surface area contributed by atoms with Crippen LogP contribution in [0.15, 0.2) is 18.2 Å². The molecule has 1 amide bonds. The van der Waals surface area contributed by atoms with Crippen molar-refractivity contribution in [2.24, 2.45) is 0 Å². The summed E-state index contributed by atoms with van der Waals surface area (Å²) in [5, 5.41) is 11.2. The minimum Gasteiger partial charge on any atom is -0.493 e. The van der Waals surface area contributed by atoms with Gasteiger partial charge in [-0.3, -0.25) is 4.79 Å². The standard InChI is InChI=1S/C17H25N3O3/c1-20(2)12-5-13-23-17-14(6-4-7-15(17)22-3)9-11-19-16(21)8-10-18/h4,6-7H,5,8-9,11-13H2,1-3H3,(H,19,21). The van der Waals surface area contributed by atoms with Gasteiger partial charge in [-0.05, 0) is 38.6 Å². The number of nitrogens with zero attached hydrogens (tertiary/aromatic N) is 2. The van der Waals surface area contributed by atoms with E-state index in [1.54, 1.807) is 7.11 Å². The molecule has 0 atom stereocenters. The number of carbonyl (C=O) groups is 1. The van der Waals surface area contributed by atoms with Crippen LogP contribution in [0.1, 0.15) is 18.4 Å². The number of amides is 1. The number of methoxy groups -OCH3 is 1. The fraction of sp³-hybridized carbons (Fsp3) is 0.529. The molecule has 1 aromatic carbocycles. The number of benzene rings is 1. The normalized spacial score (nSPS) is 10.2. The number of hydrogen-bond donors (Lipinski definition) is 1. The summed E-state index contributed by atoms with van der Waals surface area (Å²) >= 11 is 0. The molecular formula is C17H25N3O3. The minimum absolute atomic E-state index is 0.119. The summed E-state index contributed by atoms with van der Waals surface area (Å²) in [4.78, 5) is 13.4. The third-order valence-corrected chi connectivity index (χ3v) is 3.23. The third-order valence-electron chi connectivity index (χ3n) is 3.23. The van der Waals surface area contributed by atoms with Crippen LogP contribution in [0.5, 0.6) is 11.5 Å². The monoisotopic (exact) mass is 319 g/mol. The number of hydrogen-bond acceptors (Lipinski definition) is 5. The second-order valence-electron chi connectivity index (χ2n) is 5.39. The molecule has 0 unspecified atom stereocenters. The van der Waals surface area contributed by atoms with E-state index in [0.29, 0.717) is 25.3 Å². The van der Waals surface area contributed by atoms with E-state index in [9.17, 15) is 4.79 Å². The van der Waals surface area contributed by atoms with E-state index in [1.165, 1.54) is 0 Å². The first-order valence-corrected chi connectivity index (χ1v) is 7.65. The minimum atomic E-state index is -0.260. The molecular weight excluding hydrogens is 294 g/mol. The summed E-state index contributed by atoms with van der Waals surface area (Å²) in [5.74, 6) is 1.16. The number of ether oxygens (including phenoxy) is 2. The highest BCUT2D eigenvalue weighted by Gasteiger charge is 2.11. The fourth-order valence-corrected chi connectivity index (χ4v) is 2.11. The lowest BCUT2D eigenvalue weighted by Gasteiger charge is -2.16. The lowest BCUT2D eigenvalue weighted by molar-refractivity contribution is -0.120. The van der Waals surface area contributed by atoms with Crippen LogP contribution in [-0.2, 0) is 11.2 Å². The number of rotatable bonds is 10. The van der Waals surface area contributed by atoms with E-state index in [1.807, 2.05) is 38.4 Å². The van der Waals surface area contributed by atoms with E-state index < -0.39 is 0 Å². The second kappa shape index (κ2) is 10.5. The first-order chi connectivity index (χ1) is 11.1. The van der Waals surface area contributed by atoms with Gasteiger partial charge in [0.2, 0.25) is 5.91 Å². The first kappa shape index (κ1) is 18.8. The fourth-order valence-electron chi connectivity index (χ4n) is 2.11. The third kappa shape index (κ3) is 7.02. The Balaban J connectivity index is 2.63. The van der Waals surface area contributed by atoms with Crippen molar-refractivity contribution in [3.05, 3.63) is 23.8 Å². The molecule has 6 heteroatoms. The maximum absolute atomic E-state index is 11.3. The number of para-hydroxylation sites is 1. The van der Waals surface area contributed by atoms with Crippen LogP contribution in [0.3, 0.4) is 0 Å². The molecule has 23 heavy (non-hydrogen) atoms. The van der Waals surface area contributed by atoms with Crippen molar-refractivity contribution in [2.45, 2.75) is 19.3 Å². The van der Waals surface area contributed by atoms with Gasteiger partial charge in [0.05, 0.1) is 19.8 Å². The van der Waals surface area contributed by atoms with Gasteiger partial charge in [-0.25, -0.2) is 0 Å². The number of carbonyl (C=O) groups excluding carboxylic acids is 1. The highest BCUT2D eigenvalue weighted by atomic mass is 16.5. The molecule has 0 spiro atoms. The highest BCUT2D eigenvalue weighted by Crippen LogP contribution is 2.31. The second-order valence-corrected chi connectivity index (χ2v) is 5.39. The lowest BCUT2D eigenvalue weighted by atomic mass is 10.1. The van der Waals surface area contributed by atoms with Crippen molar-refractivity contribution >= 4 is 5.91 Å². The Morgan fingerprint density at radius 1 is 1.39 bits per heavy atom. The van der Waals surface area contributed by atoms with Gasteiger partial charge in [0.25, 0.3) is 0 Å². The highest BCUT2D eigenvalue weighted by molar-refractivity contribution is 5.77. The van der Waals surface area contributed by atoms with E-state index in [4.69, 9.17) is 14.7 Å². The van der Waals surface area contributed by atoms with Crippen LogP contribution in [0.25, 0.3) is 0 Å².